The van der Waals surface area contributed by atoms with E-state index in [9.17, 15) is 5.11 Å². The molecule has 2 aromatic carbocycles. The minimum atomic E-state index is -0.128. The van der Waals surface area contributed by atoms with Gasteiger partial charge in [0, 0.05) is 17.6 Å². The van der Waals surface area contributed by atoms with Crippen LogP contribution < -0.4 is 5.32 Å². The van der Waals surface area contributed by atoms with Crippen molar-refractivity contribution in [3.05, 3.63) is 70.7 Å². The lowest BCUT2D eigenvalue weighted by Crippen LogP contribution is -2.52. The summed E-state index contributed by atoms with van der Waals surface area (Å²) in [5.74, 6) is 0. The molecule has 1 aliphatic rings. The molecule has 0 radical (unpaired) electrons. The van der Waals surface area contributed by atoms with Crippen molar-refractivity contribution in [2.75, 3.05) is 26.4 Å². The first-order chi connectivity index (χ1) is 11.7. The molecule has 1 atom stereocenters. The molecule has 1 unspecified atom stereocenters. The van der Waals surface area contributed by atoms with Crippen molar-refractivity contribution in [1.82, 2.24) is 5.32 Å². The Morgan fingerprint density at radius 1 is 1.08 bits per heavy atom. The van der Waals surface area contributed by atoms with E-state index in [1.165, 1.54) is 11.1 Å². The highest BCUT2D eigenvalue weighted by molar-refractivity contribution is 6.31. The van der Waals surface area contributed by atoms with Crippen LogP contribution in [0, 0.1) is 5.41 Å². The van der Waals surface area contributed by atoms with Crippen LogP contribution in [0.1, 0.15) is 23.6 Å². The molecule has 1 saturated heterocycles. The van der Waals surface area contributed by atoms with Crippen molar-refractivity contribution in [3.8, 4) is 0 Å². The van der Waals surface area contributed by atoms with Gasteiger partial charge in [-0.2, -0.15) is 0 Å². The van der Waals surface area contributed by atoms with Gasteiger partial charge in [-0.05, 0) is 30.0 Å². The number of nitrogens with one attached hydrogen (secondary N) is 1. The summed E-state index contributed by atoms with van der Waals surface area (Å²) in [7, 11) is 0. The van der Waals surface area contributed by atoms with E-state index < -0.39 is 0 Å². The summed E-state index contributed by atoms with van der Waals surface area (Å²) in [4.78, 5) is 0. The molecule has 0 amide bonds. The summed E-state index contributed by atoms with van der Waals surface area (Å²) < 4.78 is 5.29. The van der Waals surface area contributed by atoms with Crippen molar-refractivity contribution >= 4 is 11.6 Å². The van der Waals surface area contributed by atoms with Gasteiger partial charge in [-0.25, -0.2) is 0 Å². The van der Waals surface area contributed by atoms with E-state index in [2.05, 4.69) is 35.6 Å². The molecule has 3 nitrogen and oxygen atoms in total. The van der Waals surface area contributed by atoms with Crippen molar-refractivity contribution in [3.63, 3.8) is 0 Å². The molecule has 2 aromatic rings. The maximum absolute atomic E-state index is 9.63. The van der Waals surface area contributed by atoms with Gasteiger partial charge in [0.2, 0.25) is 0 Å². The molecular weight excluding hydrogens is 322 g/mol. The van der Waals surface area contributed by atoms with E-state index in [1.807, 2.05) is 24.3 Å². The average Bonchev–Trinajstić information content (AvgIpc) is 2.59. The molecule has 0 aliphatic carbocycles. The number of rotatable bonds is 8. The summed E-state index contributed by atoms with van der Waals surface area (Å²) in [6, 6.07) is 18.7. The third-order valence-corrected chi connectivity index (χ3v) is 5.11. The highest BCUT2D eigenvalue weighted by Gasteiger charge is 2.38. The Balaban J connectivity index is 1.67. The van der Waals surface area contributed by atoms with E-state index in [4.69, 9.17) is 16.3 Å². The van der Waals surface area contributed by atoms with Gasteiger partial charge in [0.05, 0.1) is 25.2 Å². The smallest absolute Gasteiger partial charge is 0.0579 e. The first-order valence-electron chi connectivity index (χ1n) is 8.43. The van der Waals surface area contributed by atoms with Gasteiger partial charge >= 0.3 is 0 Å². The Bertz CT molecular complexity index is 638. The number of aryl methyl sites for hydroxylation is 1. The van der Waals surface area contributed by atoms with Crippen molar-refractivity contribution in [2.24, 2.45) is 5.41 Å². The zero-order chi connectivity index (χ0) is 16.8. The van der Waals surface area contributed by atoms with Crippen LogP contribution in [0.3, 0.4) is 0 Å². The largest absolute Gasteiger partial charge is 0.396 e. The SMILES string of the molecule is OCC1(CNC(CCc2ccccc2Cl)c2ccccc2)COC1. The molecule has 4 heteroatoms. The average molecular weight is 346 g/mol. The summed E-state index contributed by atoms with van der Waals surface area (Å²) in [6.07, 6.45) is 1.87. The Kier molecular flexibility index (Phi) is 5.90. The van der Waals surface area contributed by atoms with Crippen molar-refractivity contribution in [2.45, 2.75) is 18.9 Å². The van der Waals surface area contributed by atoms with Gasteiger partial charge in [-0.1, -0.05) is 60.1 Å². The number of aliphatic hydroxyl groups excluding tert-OH is 1. The van der Waals surface area contributed by atoms with Gasteiger partial charge in [0.1, 0.15) is 0 Å². The topological polar surface area (TPSA) is 41.5 Å². The molecule has 128 valence electrons. The van der Waals surface area contributed by atoms with Crippen LogP contribution in [-0.2, 0) is 11.2 Å². The first kappa shape index (κ1) is 17.4. The number of ether oxygens (including phenoxy) is 1. The normalized spacial score (nSPS) is 17.2. The summed E-state index contributed by atoms with van der Waals surface area (Å²) in [6.45, 7) is 2.17. The Hall–Kier alpha value is -1.39. The maximum Gasteiger partial charge on any atom is 0.0579 e. The van der Waals surface area contributed by atoms with Crippen LogP contribution in [0.5, 0.6) is 0 Å². The second-order valence-electron chi connectivity index (χ2n) is 6.63. The monoisotopic (exact) mass is 345 g/mol. The minimum absolute atomic E-state index is 0.128. The molecule has 0 aromatic heterocycles. The van der Waals surface area contributed by atoms with Crippen LogP contribution >= 0.6 is 11.6 Å². The van der Waals surface area contributed by atoms with Crippen LogP contribution in [-0.4, -0.2) is 31.5 Å². The van der Waals surface area contributed by atoms with Gasteiger partial charge < -0.3 is 15.2 Å². The molecular formula is C20H24ClNO2. The Morgan fingerprint density at radius 2 is 1.79 bits per heavy atom. The maximum atomic E-state index is 9.63. The lowest BCUT2D eigenvalue weighted by atomic mass is 9.86. The highest BCUT2D eigenvalue weighted by Crippen LogP contribution is 2.28. The zero-order valence-corrected chi connectivity index (χ0v) is 14.5. The quantitative estimate of drug-likeness (QED) is 0.768. The van der Waals surface area contributed by atoms with Gasteiger partial charge in [-0.15, -0.1) is 0 Å². The third kappa shape index (κ3) is 4.17. The van der Waals surface area contributed by atoms with E-state index in [-0.39, 0.29) is 18.1 Å². The molecule has 1 fully saturated rings. The number of halogens is 1. The summed E-state index contributed by atoms with van der Waals surface area (Å²) in [5.41, 5.74) is 2.31. The molecule has 0 saturated carbocycles. The van der Waals surface area contributed by atoms with Gasteiger partial charge in [0.15, 0.2) is 0 Å². The minimum Gasteiger partial charge on any atom is -0.396 e. The van der Waals surface area contributed by atoms with Crippen molar-refractivity contribution in [1.29, 1.82) is 0 Å². The zero-order valence-electron chi connectivity index (χ0n) is 13.7. The van der Waals surface area contributed by atoms with Gasteiger partial charge in [-0.3, -0.25) is 0 Å². The van der Waals surface area contributed by atoms with Gasteiger partial charge in [0.25, 0.3) is 0 Å². The number of hydrogen-bond donors (Lipinski definition) is 2. The number of hydrogen-bond acceptors (Lipinski definition) is 3. The van der Waals surface area contributed by atoms with Crippen LogP contribution in [0.15, 0.2) is 54.6 Å². The van der Waals surface area contributed by atoms with Crippen molar-refractivity contribution < 1.29 is 9.84 Å². The fourth-order valence-corrected chi connectivity index (χ4v) is 3.28. The Labute approximate surface area is 148 Å². The number of benzene rings is 2. The fraction of sp³-hybridized carbons (Fsp3) is 0.400. The predicted molar refractivity (Wildman–Crippen MR) is 97.3 cm³/mol. The molecule has 3 rings (SSSR count). The molecule has 1 aliphatic heterocycles. The molecule has 0 bridgehead atoms. The standard InChI is InChI=1S/C20H24ClNO2/c21-18-9-5-4-6-16(18)10-11-19(17-7-2-1-3-8-17)22-12-20(13-23)14-24-15-20/h1-9,19,22-23H,10-15H2. The molecule has 0 spiro atoms. The van der Waals surface area contributed by atoms with E-state index in [0.29, 0.717) is 13.2 Å². The molecule has 2 N–H and O–H groups in total. The molecule has 1 heterocycles. The van der Waals surface area contributed by atoms with E-state index in [1.54, 1.807) is 0 Å². The second-order valence-corrected chi connectivity index (χ2v) is 7.03. The van der Waals surface area contributed by atoms with Crippen LogP contribution in [0.2, 0.25) is 5.02 Å². The highest BCUT2D eigenvalue weighted by atomic mass is 35.5. The lowest BCUT2D eigenvalue weighted by molar-refractivity contribution is -0.135. The third-order valence-electron chi connectivity index (χ3n) is 4.74. The van der Waals surface area contributed by atoms with E-state index >= 15 is 0 Å². The number of aliphatic hydroxyl groups is 1. The van der Waals surface area contributed by atoms with E-state index in [0.717, 1.165) is 24.4 Å². The molecule has 24 heavy (non-hydrogen) atoms. The first-order valence-corrected chi connectivity index (χ1v) is 8.81. The Morgan fingerprint density at radius 3 is 2.42 bits per heavy atom. The summed E-state index contributed by atoms with van der Waals surface area (Å²) >= 11 is 6.29. The summed E-state index contributed by atoms with van der Waals surface area (Å²) in [5, 5.41) is 14.1. The second kappa shape index (κ2) is 8.13. The fourth-order valence-electron chi connectivity index (χ4n) is 3.05. The lowest BCUT2D eigenvalue weighted by Gasteiger charge is -2.41. The van der Waals surface area contributed by atoms with Crippen LogP contribution in [0.4, 0.5) is 0 Å². The predicted octanol–water partition coefficient (Wildman–Crippen LogP) is 3.61. The van der Waals surface area contributed by atoms with Crippen LogP contribution in [0.25, 0.3) is 0 Å².